The molecule has 2 aromatic rings. The van der Waals surface area contributed by atoms with Crippen LogP contribution in [-0.2, 0) is 4.74 Å². The molecule has 0 radical (unpaired) electrons. The lowest BCUT2D eigenvalue weighted by atomic mass is 10.1. The lowest BCUT2D eigenvalue weighted by Gasteiger charge is -2.12. The first-order chi connectivity index (χ1) is 13.1. The van der Waals surface area contributed by atoms with Crippen molar-refractivity contribution in [3.63, 3.8) is 0 Å². The number of ether oxygens (including phenoxy) is 2. The molecule has 0 aliphatic carbocycles. The summed E-state index contributed by atoms with van der Waals surface area (Å²) in [6.45, 7) is 2.82. The van der Waals surface area contributed by atoms with Gasteiger partial charge in [0.2, 0.25) is 0 Å². The van der Waals surface area contributed by atoms with Crippen LogP contribution in [0.25, 0.3) is 0 Å². The predicted octanol–water partition coefficient (Wildman–Crippen LogP) is 5.45. The number of anilines is 1. The average molecular weight is 434 g/mol. The zero-order valence-electron chi connectivity index (χ0n) is 15.6. The monoisotopic (exact) mass is 433 g/mol. The lowest BCUT2D eigenvalue weighted by Crippen LogP contribution is -2.15. The Morgan fingerprint density at radius 1 is 1.07 bits per heavy atom. The zero-order valence-corrected chi connectivity index (χ0v) is 17.2. The number of methoxy groups -OCH3 is 1. The number of hydrogen-bond acceptors (Lipinski definition) is 4. The number of amides is 1. The van der Waals surface area contributed by atoms with Gasteiger partial charge in [-0.1, -0.05) is 38.3 Å². The van der Waals surface area contributed by atoms with Crippen molar-refractivity contribution in [1.29, 1.82) is 0 Å². The molecule has 0 bridgehead atoms. The summed E-state index contributed by atoms with van der Waals surface area (Å²) in [6.07, 6.45) is 4.55. The van der Waals surface area contributed by atoms with Gasteiger partial charge in [0.15, 0.2) is 0 Å². The van der Waals surface area contributed by atoms with Crippen molar-refractivity contribution in [2.45, 2.75) is 32.6 Å². The minimum atomic E-state index is -0.501. The summed E-state index contributed by atoms with van der Waals surface area (Å²) >= 11 is 3.45. The van der Waals surface area contributed by atoms with Gasteiger partial charge in [-0.25, -0.2) is 4.79 Å². The molecule has 0 atom stereocenters. The Morgan fingerprint density at radius 3 is 2.56 bits per heavy atom. The molecule has 1 amide bonds. The second-order valence-corrected chi connectivity index (χ2v) is 6.90. The highest BCUT2D eigenvalue weighted by Gasteiger charge is 2.15. The van der Waals surface area contributed by atoms with Crippen molar-refractivity contribution in [1.82, 2.24) is 0 Å². The average Bonchev–Trinajstić information content (AvgIpc) is 2.68. The topological polar surface area (TPSA) is 64.6 Å². The van der Waals surface area contributed by atoms with Crippen LogP contribution in [0.1, 0.15) is 53.3 Å². The van der Waals surface area contributed by atoms with E-state index in [4.69, 9.17) is 9.47 Å². The molecule has 0 unspecified atom stereocenters. The third-order valence-corrected chi connectivity index (χ3v) is 4.65. The molecular weight excluding hydrogens is 410 g/mol. The van der Waals surface area contributed by atoms with E-state index in [9.17, 15) is 9.59 Å². The minimum absolute atomic E-state index is 0.305. The molecule has 1 N–H and O–H groups in total. The standard InChI is InChI=1S/C21H24BrNO4/c1-3-4-5-8-13-27-19-12-11-15(14-17(19)22)20(24)23-18-10-7-6-9-16(18)21(25)26-2/h6-7,9-12,14H,3-5,8,13H2,1-2H3,(H,23,24). The zero-order chi connectivity index (χ0) is 19.6. The smallest absolute Gasteiger partial charge is 0.339 e. The Balaban J connectivity index is 2.03. The Morgan fingerprint density at radius 2 is 1.85 bits per heavy atom. The van der Waals surface area contributed by atoms with Crippen LogP contribution in [0.5, 0.6) is 5.75 Å². The van der Waals surface area contributed by atoms with E-state index in [1.54, 1.807) is 42.5 Å². The van der Waals surface area contributed by atoms with Crippen LogP contribution in [0, 0.1) is 0 Å². The van der Waals surface area contributed by atoms with Crippen LogP contribution in [0.2, 0.25) is 0 Å². The normalized spacial score (nSPS) is 10.3. The van der Waals surface area contributed by atoms with Crippen molar-refractivity contribution >= 4 is 33.5 Å². The second kappa shape index (κ2) is 10.7. The Hall–Kier alpha value is -2.34. The van der Waals surface area contributed by atoms with Crippen molar-refractivity contribution in [3.05, 3.63) is 58.1 Å². The van der Waals surface area contributed by atoms with E-state index in [0.717, 1.165) is 12.8 Å². The third kappa shape index (κ3) is 6.10. The Bertz CT molecular complexity index is 792. The number of unbranched alkanes of at least 4 members (excludes halogenated alkanes) is 3. The summed E-state index contributed by atoms with van der Waals surface area (Å²) in [6, 6.07) is 11.9. The van der Waals surface area contributed by atoms with Gasteiger partial charge in [-0.3, -0.25) is 4.79 Å². The summed E-state index contributed by atoms with van der Waals surface area (Å²) < 4.78 is 11.2. The van der Waals surface area contributed by atoms with E-state index in [0.29, 0.717) is 33.6 Å². The fourth-order valence-corrected chi connectivity index (χ4v) is 3.04. The number of nitrogens with one attached hydrogen (secondary N) is 1. The SMILES string of the molecule is CCCCCCOc1ccc(C(=O)Nc2ccccc2C(=O)OC)cc1Br. The number of benzene rings is 2. The molecule has 0 aliphatic heterocycles. The molecule has 144 valence electrons. The van der Waals surface area contributed by atoms with Crippen molar-refractivity contribution < 1.29 is 19.1 Å². The molecule has 0 aromatic heterocycles. The molecule has 0 fully saturated rings. The van der Waals surface area contributed by atoms with E-state index in [2.05, 4.69) is 28.2 Å². The summed E-state index contributed by atoms with van der Waals surface area (Å²) in [7, 11) is 1.30. The molecule has 0 saturated carbocycles. The van der Waals surface area contributed by atoms with E-state index in [1.807, 2.05) is 0 Å². The largest absolute Gasteiger partial charge is 0.492 e. The number of para-hydroxylation sites is 1. The summed E-state index contributed by atoms with van der Waals surface area (Å²) in [5.74, 6) is -0.113. The molecule has 0 spiro atoms. The number of carbonyl (C=O) groups excluding carboxylic acids is 2. The van der Waals surface area contributed by atoms with E-state index >= 15 is 0 Å². The molecule has 2 rings (SSSR count). The maximum absolute atomic E-state index is 12.5. The number of carbonyl (C=O) groups is 2. The summed E-state index contributed by atoms with van der Waals surface area (Å²) in [5.41, 5.74) is 1.17. The van der Waals surface area contributed by atoms with Crippen LogP contribution >= 0.6 is 15.9 Å². The minimum Gasteiger partial charge on any atom is -0.492 e. The predicted molar refractivity (Wildman–Crippen MR) is 110 cm³/mol. The Labute approximate surface area is 168 Å². The summed E-state index contributed by atoms with van der Waals surface area (Å²) in [4.78, 5) is 24.4. The van der Waals surface area contributed by atoms with Crippen LogP contribution in [0.3, 0.4) is 0 Å². The third-order valence-electron chi connectivity index (χ3n) is 4.03. The highest BCUT2D eigenvalue weighted by molar-refractivity contribution is 9.10. The molecule has 0 heterocycles. The van der Waals surface area contributed by atoms with Crippen LogP contribution in [-0.4, -0.2) is 25.6 Å². The molecule has 0 saturated heterocycles. The van der Waals surface area contributed by atoms with Gasteiger partial charge in [-0.2, -0.15) is 0 Å². The summed E-state index contributed by atoms with van der Waals surface area (Å²) in [5, 5.41) is 2.75. The highest BCUT2D eigenvalue weighted by atomic mass is 79.9. The first-order valence-corrected chi connectivity index (χ1v) is 9.77. The van der Waals surface area contributed by atoms with Gasteiger partial charge in [0.1, 0.15) is 5.75 Å². The van der Waals surface area contributed by atoms with Gasteiger partial charge < -0.3 is 14.8 Å². The molecule has 27 heavy (non-hydrogen) atoms. The quantitative estimate of drug-likeness (QED) is 0.421. The van der Waals surface area contributed by atoms with Crippen LogP contribution in [0.15, 0.2) is 46.9 Å². The van der Waals surface area contributed by atoms with Gasteiger partial charge in [0, 0.05) is 5.56 Å². The number of halogens is 1. The van der Waals surface area contributed by atoms with Gasteiger partial charge in [-0.15, -0.1) is 0 Å². The van der Waals surface area contributed by atoms with Gasteiger partial charge in [0.05, 0.1) is 29.4 Å². The fraction of sp³-hybridized carbons (Fsp3) is 0.333. The van der Waals surface area contributed by atoms with Gasteiger partial charge >= 0.3 is 5.97 Å². The van der Waals surface area contributed by atoms with Crippen molar-refractivity contribution in [2.75, 3.05) is 19.0 Å². The first-order valence-electron chi connectivity index (χ1n) is 8.97. The van der Waals surface area contributed by atoms with E-state index < -0.39 is 5.97 Å². The van der Waals surface area contributed by atoms with Gasteiger partial charge in [0.25, 0.3) is 5.91 Å². The molecule has 2 aromatic carbocycles. The Kier molecular flexibility index (Phi) is 8.33. The number of hydrogen-bond donors (Lipinski definition) is 1. The first kappa shape index (κ1) is 21.0. The lowest BCUT2D eigenvalue weighted by molar-refractivity contribution is 0.0602. The maximum Gasteiger partial charge on any atom is 0.339 e. The fourth-order valence-electron chi connectivity index (χ4n) is 2.54. The van der Waals surface area contributed by atoms with Crippen LogP contribution in [0.4, 0.5) is 5.69 Å². The number of rotatable bonds is 9. The van der Waals surface area contributed by atoms with Crippen LogP contribution < -0.4 is 10.1 Å². The highest BCUT2D eigenvalue weighted by Crippen LogP contribution is 2.27. The molecule has 5 nitrogen and oxygen atoms in total. The molecular formula is C21H24BrNO4. The van der Waals surface area contributed by atoms with Crippen molar-refractivity contribution in [2.24, 2.45) is 0 Å². The number of esters is 1. The van der Waals surface area contributed by atoms with E-state index in [1.165, 1.54) is 20.0 Å². The van der Waals surface area contributed by atoms with Gasteiger partial charge in [-0.05, 0) is 52.7 Å². The molecule has 6 heteroatoms. The molecule has 0 aliphatic rings. The maximum atomic E-state index is 12.5. The van der Waals surface area contributed by atoms with E-state index in [-0.39, 0.29) is 5.91 Å². The second-order valence-electron chi connectivity index (χ2n) is 6.05. The van der Waals surface area contributed by atoms with Crippen molar-refractivity contribution in [3.8, 4) is 5.75 Å².